The molecule has 6 aromatic rings. The molecule has 0 amide bonds. The molecule has 14 bridgehead atoms. The minimum absolute atomic E-state index is 0. The number of aliphatic imine (C=N–C) groups is 2. The Balaban J connectivity index is 0.00000420. The number of hydrogen-bond acceptors (Lipinski definition) is 14. The zero-order chi connectivity index (χ0) is 35.1. The fourth-order valence-electron chi connectivity index (χ4n) is 5.51. The molecule has 2 aliphatic rings. The van der Waals surface area contributed by atoms with Crippen LogP contribution in [0.2, 0.25) is 0 Å². The van der Waals surface area contributed by atoms with Crippen molar-refractivity contribution in [2.45, 2.75) is 19.3 Å². The Bertz CT molecular complexity index is 2360. The Morgan fingerprint density at radius 1 is 0.673 bits per heavy atom. The van der Waals surface area contributed by atoms with Gasteiger partial charge in [-0.3, -0.25) is 0 Å². The number of oxazole rings is 4. The van der Waals surface area contributed by atoms with Gasteiger partial charge in [-0.2, -0.15) is 5.70 Å². The molecule has 0 saturated heterocycles. The average Bonchev–Trinajstić information content (AvgIpc) is 3.97. The molecule has 0 fully saturated rings. The largest absolute Gasteiger partial charge is 0.541 e. The van der Waals surface area contributed by atoms with E-state index in [1.807, 2.05) is 75.6 Å². The molecule has 0 N–H and O–H groups in total. The first-order valence-corrected chi connectivity index (χ1v) is 16.3. The molecule has 259 valence electrons. The van der Waals surface area contributed by atoms with Crippen LogP contribution in [0.4, 0.5) is 0 Å². The summed E-state index contributed by atoms with van der Waals surface area (Å²) in [6, 6.07) is 11.0. The molecule has 0 unspecified atom stereocenters. The van der Waals surface area contributed by atoms with Crippen LogP contribution in [0.3, 0.4) is 0 Å². The van der Waals surface area contributed by atoms with E-state index in [0.717, 1.165) is 12.3 Å². The van der Waals surface area contributed by atoms with E-state index in [1.54, 1.807) is 6.26 Å². The van der Waals surface area contributed by atoms with Crippen molar-refractivity contribution in [3.8, 4) is 45.9 Å². The Kier molecular flexibility index (Phi) is 10.2. The second-order valence-electron chi connectivity index (χ2n) is 12.5. The number of aromatic nitrogens is 6. The molecule has 1 radical (unpaired) electrons. The summed E-state index contributed by atoms with van der Waals surface area (Å²) in [6.07, 6.45) is 9.63. The van der Waals surface area contributed by atoms with Crippen molar-refractivity contribution < 1.29 is 50.4 Å². The summed E-state index contributed by atoms with van der Waals surface area (Å²) in [5.41, 5.74) is 5.53. The van der Waals surface area contributed by atoms with Crippen molar-refractivity contribution in [3.05, 3.63) is 96.3 Å². The van der Waals surface area contributed by atoms with Crippen molar-refractivity contribution in [1.29, 1.82) is 0 Å². The minimum atomic E-state index is 0. The van der Waals surface area contributed by atoms with Crippen LogP contribution < -0.4 is 0 Å². The second-order valence-corrected chi connectivity index (χ2v) is 12.5. The number of likely N-dealkylation sites (N-methyl/N-ethyl adjacent to an activating group) is 2. The molecular weight excluding hydrogens is 737 g/mol. The van der Waals surface area contributed by atoms with Gasteiger partial charge in [-0.1, -0.05) is 18.3 Å². The first-order chi connectivity index (χ1) is 24.8. The van der Waals surface area contributed by atoms with E-state index < -0.39 is 0 Å². The molecule has 2 aliphatic heterocycles. The van der Waals surface area contributed by atoms with Gasteiger partial charge in [-0.25, -0.2) is 29.9 Å². The average molecular weight is 770 g/mol. The molecule has 0 atom stereocenters. The summed E-state index contributed by atoms with van der Waals surface area (Å²) in [4.78, 5) is 41.8. The van der Waals surface area contributed by atoms with Gasteiger partial charge in [0, 0.05) is 69.4 Å². The maximum atomic E-state index is 6.35. The van der Waals surface area contributed by atoms with Crippen LogP contribution in [0.5, 0.6) is 0 Å². The van der Waals surface area contributed by atoms with E-state index >= 15 is 0 Å². The quantitative estimate of drug-likeness (QED) is 0.193. The predicted molar refractivity (Wildman–Crippen MR) is 188 cm³/mol. The fourth-order valence-corrected chi connectivity index (χ4v) is 5.51. The van der Waals surface area contributed by atoms with Crippen molar-refractivity contribution in [2.24, 2.45) is 9.98 Å². The van der Waals surface area contributed by atoms with Gasteiger partial charge in [0.15, 0.2) is 0 Å². The Morgan fingerprint density at radius 3 is 1.92 bits per heavy atom. The molecule has 8 rings (SSSR count). The molecule has 0 aromatic carbocycles. The summed E-state index contributed by atoms with van der Waals surface area (Å²) >= 11 is 0. The number of pyridine rings is 2. The number of rotatable bonds is 6. The summed E-state index contributed by atoms with van der Waals surface area (Å²) in [5, 5.41) is 0. The van der Waals surface area contributed by atoms with Crippen molar-refractivity contribution in [1.82, 2.24) is 39.7 Å². The van der Waals surface area contributed by atoms with E-state index in [9.17, 15) is 0 Å². The number of allylic oxidation sites excluding steroid dienone is 1. The van der Waals surface area contributed by atoms with Gasteiger partial charge in [-0.05, 0) is 71.5 Å². The Morgan fingerprint density at radius 2 is 1.25 bits per heavy atom. The molecule has 0 aliphatic carbocycles. The summed E-state index contributed by atoms with van der Waals surface area (Å²) < 4.78 is 24.2. The monoisotopic (exact) mass is 769 g/mol. The summed E-state index contributed by atoms with van der Waals surface area (Å²) in [6.45, 7) is 7.78. The first kappa shape index (κ1) is 35.4. The molecular formula is C37H32N10O4Y-2. The Labute approximate surface area is 324 Å². The van der Waals surface area contributed by atoms with Crippen LogP contribution in [0.15, 0.2) is 82.7 Å². The third-order valence-corrected chi connectivity index (χ3v) is 8.17. The molecule has 0 saturated carbocycles. The van der Waals surface area contributed by atoms with Crippen LogP contribution >= 0.6 is 0 Å². The van der Waals surface area contributed by atoms with Crippen LogP contribution in [-0.2, 0) is 45.6 Å². The van der Waals surface area contributed by atoms with E-state index in [0.29, 0.717) is 106 Å². The molecule has 6 aromatic heterocycles. The third kappa shape index (κ3) is 7.33. The SMILES string of the molecule is [CH-]=C1N=[C-]c2nc(oc2CCN(C)C)-c2cccc(n2)-c2coc(n2)C2=CCC(=N2)c2nc(oc2CCN(C)C)-c2cccc(n2)-c2coc1n2.[Y]. The van der Waals surface area contributed by atoms with E-state index in [1.165, 1.54) is 6.26 Å². The normalized spacial score (nSPS) is 13.6. The van der Waals surface area contributed by atoms with Crippen molar-refractivity contribution in [3.63, 3.8) is 0 Å². The topological polar surface area (TPSA) is 161 Å². The second kappa shape index (κ2) is 14.9. The zero-order valence-corrected chi connectivity index (χ0v) is 31.8. The van der Waals surface area contributed by atoms with Gasteiger partial charge in [0.1, 0.15) is 46.2 Å². The maximum absolute atomic E-state index is 6.35. The molecule has 15 heteroatoms. The third-order valence-electron chi connectivity index (χ3n) is 8.17. The van der Waals surface area contributed by atoms with E-state index in [-0.39, 0.29) is 44.3 Å². The number of nitrogens with zero attached hydrogens (tertiary/aromatic N) is 10. The van der Waals surface area contributed by atoms with Gasteiger partial charge in [-0.15, -0.1) is 0 Å². The molecule has 8 heterocycles. The van der Waals surface area contributed by atoms with Crippen LogP contribution in [0.25, 0.3) is 57.3 Å². The van der Waals surface area contributed by atoms with Gasteiger partial charge in [0.05, 0.1) is 23.4 Å². The summed E-state index contributed by atoms with van der Waals surface area (Å²) in [5.74, 6) is 2.41. The summed E-state index contributed by atoms with van der Waals surface area (Å²) in [7, 11) is 7.98. The Hall–Kier alpha value is -5.02. The number of hydrogen-bond donors (Lipinski definition) is 0. The molecule has 52 heavy (non-hydrogen) atoms. The fraction of sp³-hybridized carbons (Fsp3) is 0.243. The van der Waals surface area contributed by atoms with E-state index in [2.05, 4.69) is 26.1 Å². The minimum Gasteiger partial charge on any atom is -0.541 e. The predicted octanol–water partition coefficient (Wildman–Crippen LogP) is 5.62. The van der Waals surface area contributed by atoms with Gasteiger partial charge in [0.25, 0.3) is 0 Å². The molecule has 0 spiro atoms. The maximum Gasteiger partial charge on any atom is 0.245 e. The van der Waals surface area contributed by atoms with Crippen molar-refractivity contribution in [2.75, 3.05) is 41.3 Å². The van der Waals surface area contributed by atoms with E-state index in [4.69, 9.17) is 49.2 Å². The van der Waals surface area contributed by atoms with Gasteiger partial charge < -0.3 is 44.0 Å². The zero-order valence-electron chi connectivity index (χ0n) is 29.0. The molecule has 14 nitrogen and oxygen atoms in total. The van der Waals surface area contributed by atoms with Gasteiger partial charge >= 0.3 is 0 Å². The standard InChI is InChI=1S/C37H32N10O4.Y/c1-21-34-43-29(19-48-34)22-8-7-11-26(40-22)37-45-33(32(51-37)15-17-47(4)5)24-12-13-27(41-24)35-44-30(20-49-35)23-9-6-10-25(39-23)36-42-28(18-38-21)31(50-36)14-16-46(2)3;/h1,6-11,13,19-20H,12,14-17H2,2-5H3;/q-2;. The van der Waals surface area contributed by atoms with Gasteiger partial charge in [0.2, 0.25) is 17.7 Å². The van der Waals surface area contributed by atoms with Crippen molar-refractivity contribution >= 4 is 23.3 Å². The number of fused-ring (bicyclic) bond motifs is 19. The van der Waals surface area contributed by atoms with Crippen LogP contribution in [0, 0.1) is 6.58 Å². The van der Waals surface area contributed by atoms with Crippen LogP contribution in [-0.4, -0.2) is 92.9 Å². The smallest absolute Gasteiger partial charge is 0.245 e. The first-order valence-electron chi connectivity index (χ1n) is 16.3. The van der Waals surface area contributed by atoms with Crippen LogP contribution in [0.1, 0.15) is 41.1 Å².